The highest BCUT2D eigenvalue weighted by molar-refractivity contribution is 6.69. The molecule has 0 atom stereocenters. The van der Waals surface area contributed by atoms with Gasteiger partial charge in [0.1, 0.15) is 11.4 Å². The smallest absolute Gasteiger partial charge is 0.302 e. The molecule has 0 N–H and O–H groups in total. The topological polar surface area (TPSA) is 46.2 Å². The van der Waals surface area contributed by atoms with Crippen molar-refractivity contribution in [1.82, 2.24) is 0 Å². The van der Waals surface area contributed by atoms with Crippen molar-refractivity contribution in [2.24, 2.45) is 0 Å². The monoisotopic (exact) mass is 324 g/mol. The lowest BCUT2D eigenvalue weighted by molar-refractivity contribution is -0.0132. The van der Waals surface area contributed by atoms with Gasteiger partial charge >= 0.3 is 5.95 Å². The number of benzene rings is 1. The largest absolute Gasteiger partial charge is 0.517 e. The van der Waals surface area contributed by atoms with Gasteiger partial charge in [0.2, 0.25) is 15.1 Å². The molecule has 22 heavy (non-hydrogen) atoms. The Morgan fingerprint density at radius 3 is 2.45 bits per heavy atom. The lowest BCUT2D eigenvalue weighted by atomic mass is 10.2. The van der Waals surface area contributed by atoms with Crippen LogP contribution in [0.4, 0.5) is 0 Å². The fourth-order valence-electron chi connectivity index (χ4n) is 1.74. The Balaban J connectivity index is 2.11. The molecule has 0 bridgehead atoms. The van der Waals surface area contributed by atoms with Crippen LogP contribution >= 0.6 is 0 Å². The third-order valence-corrected chi connectivity index (χ3v) is 3.26. The number of rotatable bonds is 5. The van der Waals surface area contributed by atoms with Crippen LogP contribution in [0.5, 0.6) is 17.2 Å². The van der Waals surface area contributed by atoms with Gasteiger partial charge in [0, 0.05) is 6.07 Å². The predicted octanol–water partition coefficient (Wildman–Crippen LogP) is 4.26. The molecule has 0 spiro atoms. The average Bonchev–Trinajstić information content (AvgIpc) is 2.79. The summed E-state index contributed by atoms with van der Waals surface area (Å²) in [7, 11) is -1.79. The second-order valence-electron chi connectivity index (χ2n) is 7.00. The SMILES string of the molecule is CC(C)(C)O/C(=C\Oc1ccc2c(c1)OCO2)O[Si](C)(C)C. The summed E-state index contributed by atoms with van der Waals surface area (Å²) in [6.07, 6.45) is 1.50. The lowest BCUT2D eigenvalue weighted by Gasteiger charge is -2.27. The minimum absolute atomic E-state index is 0.242. The average molecular weight is 324 g/mol. The molecule has 0 aliphatic carbocycles. The molecule has 0 saturated carbocycles. The van der Waals surface area contributed by atoms with Crippen molar-refractivity contribution in [3.8, 4) is 17.2 Å². The molecule has 5 nitrogen and oxygen atoms in total. The van der Waals surface area contributed by atoms with Crippen LogP contribution in [0.1, 0.15) is 20.8 Å². The molecule has 1 heterocycles. The second-order valence-corrected chi connectivity index (χ2v) is 11.4. The van der Waals surface area contributed by atoms with E-state index in [1.807, 2.05) is 32.9 Å². The lowest BCUT2D eigenvalue weighted by Crippen LogP contribution is -2.29. The van der Waals surface area contributed by atoms with Crippen LogP contribution in [0.25, 0.3) is 0 Å². The summed E-state index contributed by atoms with van der Waals surface area (Å²) >= 11 is 0. The summed E-state index contributed by atoms with van der Waals surface area (Å²) in [5.41, 5.74) is -0.357. The molecule has 1 aromatic rings. The maximum Gasteiger partial charge on any atom is 0.302 e. The van der Waals surface area contributed by atoms with E-state index in [-0.39, 0.29) is 12.4 Å². The van der Waals surface area contributed by atoms with Crippen molar-refractivity contribution in [2.75, 3.05) is 6.79 Å². The quantitative estimate of drug-likeness (QED) is 0.598. The van der Waals surface area contributed by atoms with E-state index in [9.17, 15) is 0 Å². The van der Waals surface area contributed by atoms with Gasteiger partial charge in [0.25, 0.3) is 0 Å². The summed E-state index contributed by atoms with van der Waals surface area (Å²) in [5.74, 6) is 2.43. The summed E-state index contributed by atoms with van der Waals surface area (Å²) in [5, 5.41) is 0. The fraction of sp³-hybridized carbons (Fsp3) is 0.500. The van der Waals surface area contributed by atoms with E-state index < -0.39 is 8.32 Å². The molecule has 0 fully saturated rings. The molecule has 0 radical (unpaired) electrons. The van der Waals surface area contributed by atoms with Crippen molar-refractivity contribution < 1.29 is 23.4 Å². The molecule has 2 rings (SSSR count). The summed E-state index contributed by atoms with van der Waals surface area (Å²) < 4.78 is 28.0. The van der Waals surface area contributed by atoms with Crippen molar-refractivity contribution in [1.29, 1.82) is 0 Å². The van der Waals surface area contributed by atoms with E-state index in [0.717, 1.165) is 5.75 Å². The first-order chi connectivity index (χ1) is 10.1. The molecule has 1 aliphatic rings. The van der Waals surface area contributed by atoms with Gasteiger partial charge in [0.05, 0.1) is 0 Å². The van der Waals surface area contributed by atoms with Crippen LogP contribution in [0.15, 0.2) is 30.4 Å². The van der Waals surface area contributed by atoms with Crippen LogP contribution in [0, 0.1) is 0 Å². The molecule has 0 saturated heterocycles. The Morgan fingerprint density at radius 2 is 1.82 bits per heavy atom. The van der Waals surface area contributed by atoms with E-state index >= 15 is 0 Å². The fourth-order valence-corrected chi connectivity index (χ4v) is 2.43. The van der Waals surface area contributed by atoms with Crippen LogP contribution in [0.3, 0.4) is 0 Å². The first-order valence-corrected chi connectivity index (χ1v) is 10.7. The van der Waals surface area contributed by atoms with Gasteiger partial charge < -0.3 is 23.4 Å². The minimum atomic E-state index is -1.79. The van der Waals surface area contributed by atoms with Crippen molar-refractivity contribution in [2.45, 2.75) is 46.0 Å². The van der Waals surface area contributed by atoms with Gasteiger partial charge in [-0.1, -0.05) is 0 Å². The Hall–Kier alpha value is -1.82. The van der Waals surface area contributed by atoms with Gasteiger partial charge in [0.15, 0.2) is 17.8 Å². The van der Waals surface area contributed by atoms with Crippen molar-refractivity contribution >= 4 is 8.32 Å². The number of hydrogen-bond acceptors (Lipinski definition) is 5. The molecular formula is C16H24O5Si. The zero-order valence-electron chi connectivity index (χ0n) is 14.1. The summed E-state index contributed by atoms with van der Waals surface area (Å²) in [6.45, 7) is 12.4. The number of fused-ring (bicyclic) bond motifs is 1. The Morgan fingerprint density at radius 1 is 1.14 bits per heavy atom. The highest BCUT2D eigenvalue weighted by atomic mass is 28.4. The Kier molecular flexibility index (Phi) is 4.60. The van der Waals surface area contributed by atoms with Crippen molar-refractivity contribution in [3.05, 3.63) is 30.4 Å². The minimum Gasteiger partial charge on any atom is -0.517 e. The van der Waals surface area contributed by atoms with Gasteiger partial charge in [-0.05, 0) is 52.5 Å². The highest BCUT2D eigenvalue weighted by Gasteiger charge is 2.23. The number of hydrogen-bond donors (Lipinski definition) is 0. The van der Waals surface area contributed by atoms with Crippen LogP contribution in [-0.4, -0.2) is 20.7 Å². The zero-order valence-corrected chi connectivity index (χ0v) is 15.1. The second kappa shape index (κ2) is 6.12. The van der Waals surface area contributed by atoms with Crippen molar-refractivity contribution in [3.63, 3.8) is 0 Å². The molecule has 0 unspecified atom stereocenters. The molecule has 122 valence electrons. The molecule has 0 amide bonds. The van der Waals surface area contributed by atoms with Crippen LogP contribution in [-0.2, 0) is 9.16 Å². The van der Waals surface area contributed by atoms with Gasteiger partial charge in [-0.3, -0.25) is 0 Å². The van der Waals surface area contributed by atoms with Gasteiger partial charge in [-0.25, -0.2) is 0 Å². The Bertz CT molecular complexity index is 537. The highest BCUT2D eigenvalue weighted by Crippen LogP contribution is 2.35. The van der Waals surface area contributed by atoms with Crippen LogP contribution in [0.2, 0.25) is 19.6 Å². The van der Waals surface area contributed by atoms with E-state index in [2.05, 4.69) is 19.6 Å². The van der Waals surface area contributed by atoms with E-state index in [4.69, 9.17) is 23.4 Å². The maximum absolute atomic E-state index is 5.93. The van der Waals surface area contributed by atoms with Crippen LogP contribution < -0.4 is 14.2 Å². The summed E-state index contributed by atoms with van der Waals surface area (Å²) in [6, 6.07) is 5.41. The van der Waals surface area contributed by atoms with Gasteiger partial charge in [-0.2, -0.15) is 0 Å². The van der Waals surface area contributed by atoms with E-state index in [1.54, 1.807) is 6.07 Å². The maximum atomic E-state index is 5.93. The normalized spacial score (nSPS) is 14.7. The number of ether oxygens (including phenoxy) is 4. The third kappa shape index (κ3) is 5.18. The van der Waals surface area contributed by atoms with Gasteiger partial charge in [-0.15, -0.1) is 0 Å². The standard InChI is InChI=1S/C16H24O5Si/c1-16(2,3)20-15(21-22(4,5)6)10-17-12-7-8-13-14(9-12)19-11-18-13/h7-10H,11H2,1-6H3/b15-10+. The first kappa shape index (κ1) is 16.5. The molecule has 1 aliphatic heterocycles. The van der Waals surface area contributed by atoms with E-state index in [0.29, 0.717) is 17.4 Å². The summed E-state index contributed by atoms with van der Waals surface area (Å²) in [4.78, 5) is 0. The molecule has 1 aromatic carbocycles. The third-order valence-electron chi connectivity index (χ3n) is 2.45. The molecule has 6 heteroatoms. The first-order valence-electron chi connectivity index (χ1n) is 7.27. The van der Waals surface area contributed by atoms with E-state index in [1.165, 1.54) is 6.26 Å². The zero-order chi connectivity index (χ0) is 16.4. The Labute approximate surface area is 132 Å². The molecule has 0 aromatic heterocycles. The predicted molar refractivity (Wildman–Crippen MR) is 86.5 cm³/mol. The molecular weight excluding hydrogens is 300 g/mol.